The number of hydrogen-bond acceptors (Lipinski definition) is 3. The zero-order valence-corrected chi connectivity index (χ0v) is 19.8. The highest BCUT2D eigenvalue weighted by molar-refractivity contribution is 6.62. The molecule has 6 aromatic rings. The summed E-state index contributed by atoms with van der Waals surface area (Å²) in [6.45, 7) is 8.37. The molecule has 3 heterocycles. The minimum absolute atomic E-state index is 0.386. The molecule has 4 aromatic carbocycles. The van der Waals surface area contributed by atoms with Crippen molar-refractivity contribution < 1.29 is 9.31 Å². The fourth-order valence-electron chi connectivity index (χ4n) is 5.27. The predicted octanol–water partition coefficient (Wildman–Crippen LogP) is 6.25. The Labute approximate surface area is 198 Å². The average molecular weight is 444 g/mol. The first kappa shape index (κ1) is 20.0. The molecule has 7 rings (SSSR count). The molecular formula is C29H25BN2O2. The van der Waals surface area contributed by atoms with Crippen molar-refractivity contribution >= 4 is 61.7 Å². The van der Waals surface area contributed by atoms with Crippen molar-refractivity contribution in [3.63, 3.8) is 0 Å². The maximum absolute atomic E-state index is 6.39. The summed E-state index contributed by atoms with van der Waals surface area (Å²) in [5, 5.41) is 6.06. The van der Waals surface area contributed by atoms with Gasteiger partial charge >= 0.3 is 7.12 Å². The van der Waals surface area contributed by atoms with Crippen LogP contribution in [0.15, 0.2) is 78.9 Å². The largest absolute Gasteiger partial charge is 0.494 e. The summed E-state index contributed by atoms with van der Waals surface area (Å²) in [6, 6.07) is 27.9. The average Bonchev–Trinajstić information content (AvgIpc) is 3.32. The van der Waals surface area contributed by atoms with Crippen LogP contribution in [-0.4, -0.2) is 27.7 Å². The SMILES string of the molecule is CC1(C)OB(c2ccc3c4c5ccccc5ccc4c4nc5ccccc5n4c3c2)OC1(C)C. The summed E-state index contributed by atoms with van der Waals surface area (Å²) >= 11 is 0. The summed E-state index contributed by atoms with van der Waals surface area (Å²) in [5.74, 6) is 0. The number of aromatic nitrogens is 2. The number of nitrogens with zero attached hydrogens (tertiary/aromatic N) is 2. The first-order valence-corrected chi connectivity index (χ1v) is 11.8. The molecule has 166 valence electrons. The van der Waals surface area contributed by atoms with E-state index in [4.69, 9.17) is 14.3 Å². The summed E-state index contributed by atoms with van der Waals surface area (Å²) in [5.41, 5.74) is 4.42. The zero-order chi connectivity index (χ0) is 23.2. The van der Waals surface area contributed by atoms with Crippen LogP contribution >= 0.6 is 0 Å². The van der Waals surface area contributed by atoms with Crippen LogP contribution in [0.3, 0.4) is 0 Å². The maximum atomic E-state index is 6.39. The zero-order valence-electron chi connectivity index (χ0n) is 19.8. The molecule has 0 aliphatic carbocycles. The first-order valence-electron chi connectivity index (χ1n) is 11.8. The Balaban J connectivity index is 1.63. The van der Waals surface area contributed by atoms with Gasteiger partial charge in [0.05, 0.1) is 27.8 Å². The molecule has 0 atom stereocenters. The van der Waals surface area contributed by atoms with E-state index in [1.807, 2.05) is 6.07 Å². The van der Waals surface area contributed by atoms with E-state index in [2.05, 4.69) is 105 Å². The Morgan fingerprint density at radius 3 is 2.24 bits per heavy atom. The van der Waals surface area contributed by atoms with Gasteiger partial charge < -0.3 is 9.31 Å². The summed E-state index contributed by atoms with van der Waals surface area (Å²) in [4.78, 5) is 5.07. The van der Waals surface area contributed by atoms with Gasteiger partial charge in [-0.3, -0.25) is 4.40 Å². The van der Waals surface area contributed by atoms with Crippen molar-refractivity contribution in [1.82, 2.24) is 9.38 Å². The highest BCUT2D eigenvalue weighted by atomic mass is 16.7. The molecule has 0 bridgehead atoms. The minimum Gasteiger partial charge on any atom is -0.399 e. The Morgan fingerprint density at radius 1 is 0.706 bits per heavy atom. The Hall–Kier alpha value is -3.41. The third-order valence-corrected chi connectivity index (χ3v) is 7.79. The molecule has 0 saturated carbocycles. The van der Waals surface area contributed by atoms with E-state index in [9.17, 15) is 0 Å². The van der Waals surface area contributed by atoms with E-state index in [1.54, 1.807) is 0 Å². The number of hydrogen-bond donors (Lipinski definition) is 0. The molecule has 4 nitrogen and oxygen atoms in total. The predicted molar refractivity (Wildman–Crippen MR) is 141 cm³/mol. The van der Waals surface area contributed by atoms with E-state index in [1.165, 1.54) is 21.5 Å². The van der Waals surface area contributed by atoms with E-state index >= 15 is 0 Å². The molecule has 1 saturated heterocycles. The molecule has 0 spiro atoms. The standard InChI is InChI=1S/C29H25BN2O2/c1-28(2)29(3,4)34-30(33-28)19-14-16-21-25(17-19)32-24-12-8-7-11-23(24)31-27(32)22-15-13-18-9-5-6-10-20(18)26(21)22/h5-17H,1-4H3. The lowest BCUT2D eigenvalue weighted by Crippen LogP contribution is -2.41. The number of fused-ring (bicyclic) bond motifs is 10. The van der Waals surface area contributed by atoms with E-state index in [-0.39, 0.29) is 11.2 Å². The van der Waals surface area contributed by atoms with Crippen LogP contribution in [0.2, 0.25) is 0 Å². The van der Waals surface area contributed by atoms with Gasteiger partial charge in [0, 0.05) is 16.2 Å². The molecule has 1 aliphatic rings. The number of pyridine rings is 1. The normalized spacial score (nSPS) is 17.6. The highest BCUT2D eigenvalue weighted by Crippen LogP contribution is 2.38. The quantitative estimate of drug-likeness (QED) is 0.222. The van der Waals surface area contributed by atoms with E-state index in [0.29, 0.717) is 0 Å². The van der Waals surface area contributed by atoms with E-state index < -0.39 is 7.12 Å². The molecule has 0 radical (unpaired) electrons. The monoisotopic (exact) mass is 444 g/mol. The van der Waals surface area contributed by atoms with Gasteiger partial charge in [0.15, 0.2) is 0 Å². The van der Waals surface area contributed by atoms with Crippen LogP contribution < -0.4 is 5.46 Å². The molecule has 34 heavy (non-hydrogen) atoms. The smallest absolute Gasteiger partial charge is 0.399 e. The summed E-state index contributed by atoms with van der Waals surface area (Å²) in [6.07, 6.45) is 0. The first-order chi connectivity index (χ1) is 16.3. The Kier molecular flexibility index (Phi) is 3.88. The third kappa shape index (κ3) is 2.60. The van der Waals surface area contributed by atoms with Crippen LogP contribution in [0.4, 0.5) is 0 Å². The minimum atomic E-state index is -0.414. The van der Waals surface area contributed by atoms with Gasteiger partial charge in [0.2, 0.25) is 0 Å². The Bertz CT molecular complexity index is 1770. The second-order valence-electron chi connectivity index (χ2n) is 10.3. The molecule has 2 aromatic heterocycles. The van der Waals surface area contributed by atoms with Gasteiger partial charge in [-0.1, -0.05) is 54.6 Å². The van der Waals surface area contributed by atoms with Gasteiger partial charge in [-0.15, -0.1) is 0 Å². The lowest BCUT2D eigenvalue weighted by Gasteiger charge is -2.32. The van der Waals surface area contributed by atoms with Crippen molar-refractivity contribution in [1.29, 1.82) is 0 Å². The van der Waals surface area contributed by atoms with Crippen molar-refractivity contribution in [3.8, 4) is 0 Å². The number of para-hydroxylation sites is 2. The highest BCUT2D eigenvalue weighted by Gasteiger charge is 2.51. The molecule has 0 N–H and O–H groups in total. The number of benzene rings is 4. The van der Waals surface area contributed by atoms with Gasteiger partial charge in [-0.25, -0.2) is 4.98 Å². The molecular weight excluding hydrogens is 419 g/mol. The second-order valence-corrected chi connectivity index (χ2v) is 10.3. The van der Waals surface area contributed by atoms with Gasteiger partial charge in [0.1, 0.15) is 5.65 Å². The molecule has 0 amide bonds. The third-order valence-electron chi connectivity index (χ3n) is 7.79. The van der Waals surface area contributed by atoms with E-state index in [0.717, 1.165) is 33.0 Å². The molecule has 1 aliphatic heterocycles. The molecule has 0 unspecified atom stereocenters. The lowest BCUT2D eigenvalue weighted by atomic mass is 9.78. The van der Waals surface area contributed by atoms with Gasteiger partial charge in [-0.2, -0.15) is 0 Å². The summed E-state index contributed by atoms with van der Waals surface area (Å²) < 4.78 is 15.1. The maximum Gasteiger partial charge on any atom is 0.494 e. The molecule has 1 fully saturated rings. The second kappa shape index (κ2) is 6.59. The molecule has 5 heteroatoms. The van der Waals surface area contributed by atoms with Crippen molar-refractivity contribution in [2.45, 2.75) is 38.9 Å². The van der Waals surface area contributed by atoms with Crippen LogP contribution in [0, 0.1) is 0 Å². The van der Waals surface area contributed by atoms with Crippen LogP contribution in [0.25, 0.3) is 49.1 Å². The van der Waals surface area contributed by atoms with Crippen LogP contribution in [0.5, 0.6) is 0 Å². The van der Waals surface area contributed by atoms with Gasteiger partial charge in [-0.05, 0) is 68.2 Å². The van der Waals surface area contributed by atoms with Crippen molar-refractivity contribution in [2.75, 3.05) is 0 Å². The summed E-state index contributed by atoms with van der Waals surface area (Å²) in [7, 11) is -0.414. The Morgan fingerprint density at radius 2 is 1.41 bits per heavy atom. The van der Waals surface area contributed by atoms with Crippen molar-refractivity contribution in [3.05, 3.63) is 78.9 Å². The topological polar surface area (TPSA) is 35.8 Å². The van der Waals surface area contributed by atoms with Crippen LogP contribution in [-0.2, 0) is 9.31 Å². The fraction of sp³-hybridized carbons (Fsp3) is 0.207. The number of rotatable bonds is 1. The number of imidazole rings is 1. The fourth-order valence-corrected chi connectivity index (χ4v) is 5.27. The van der Waals surface area contributed by atoms with Crippen molar-refractivity contribution in [2.24, 2.45) is 0 Å². The lowest BCUT2D eigenvalue weighted by molar-refractivity contribution is 0.00578. The van der Waals surface area contributed by atoms with Gasteiger partial charge in [0.25, 0.3) is 0 Å². The van der Waals surface area contributed by atoms with Crippen LogP contribution in [0.1, 0.15) is 27.7 Å².